The molecule has 1 atom stereocenters. The molecule has 0 radical (unpaired) electrons. The van der Waals surface area contributed by atoms with E-state index in [1.54, 1.807) is 0 Å². The van der Waals surface area contributed by atoms with E-state index in [1.807, 2.05) is 0 Å². The third-order valence-corrected chi connectivity index (χ3v) is 2.14. The van der Waals surface area contributed by atoms with Gasteiger partial charge in [0.2, 0.25) is 0 Å². The third kappa shape index (κ3) is 3.95. The summed E-state index contributed by atoms with van der Waals surface area (Å²) in [6.07, 6.45) is 4.42. The van der Waals surface area contributed by atoms with Crippen molar-refractivity contribution in [3.05, 3.63) is 0 Å². The van der Waals surface area contributed by atoms with Crippen molar-refractivity contribution in [2.75, 3.05) is 13.7 Å². The van der Waals surface area contributed by atoms with Crippen LogP contribution in [0.4, 0.5) is 0 Å². The predicted octanol–water partition coefficient (Wildman–Crippen LogP) is 0.695. The molecule has 1 N–H and O–H groups in total. The van der Waals surface area contributed by atoms with Crippen molar-refractivity contribution in [2.45, 2.75) is 31.7 Å². The summed E-state index contributed by atoms with van der Waals surface area (Å²) in [6.45, 7) is 1.07. The number of hydrogen-bond donors (Lipinski definition) is 1. The summed E-state index contributed by atoms with van der Waals surface area (Å²) in [5.41, 5.74) is 0. The van der Waals surface area contributed by atoms with Gasteiger partial charge in [-0.3, -0.25) is 0 Å². The van der Waals surface area contributed by atoms with Gasteiger partial charge in [0.1, 0.15) is 0 Å². The normalized spacial score (nSPS) is 21.5. The molecule has 1 unspecified atom stereocenters. The van der Waals surface area contributed by atoms with E-state index >= 15 is 0 Å². The van der Waals surface area contributed by atoms with Crippen molar-refractivity contribution in [1.82, 2.24) is 5.32 Å². The maximum Gasteiger partial charge on any atom is 0.384 e. The maximum atomic E-state index is 10.6. The molecule has 1 fully saturated rings. The standard InChI is InChI=1S/C10H15NO2/c1-13-10(12)7-4-6-9-5-2-3-8-11-9/h9,11H,2-3,5-6,8H2,1H3. The minimum Gasteiger partial charge on any atom is -0.459 e. The van der Waals surface area contributed by atoms with Gasteiger partial charge in [0.15, 0.2) is 0 Å². The molecule has 3 nitrogen and oxygen atoms in total. The molecule has 13 heavy (non-hydrogen) atoms. The van der Waals surface area contributed by atoms with Gasteiger partial charge in [-0.2, -0.15) is 0 Å². The van der Waals surface area contributed by atoms with Gasteiger partial charge in [0.05, 0.1) is 7.11 Å². The monoisotopic (exact) mass is 181 g/mol. The fourth-order valence-electron chi connectivity index (χ4n) is 1.40. The summed E-state index contributed by atoms with van der Waals surface area (Å²) in [5, 5.41) is 3.36. The second-order valence-electron chi connectivity index (χ2n) is 3.14. The van der Waals surface area contributed by atoms with Gasteiger partial charge in [-0.15, -0.1) is 0 Å². The highest BCUT2D eigenvalue weighted by Crippen LogP contribution is 2.08. The van der Waals surface area contributed by atoms with Crippen LogP contribution in [0.15, 0.2) is 0 Å². The van der Waals surface area contributed by atoms with E-state index in [1.165, 1.54) is 20.0 Å². The van der Waals surface area contributed by atoms with Crippen LogP contribution in [0.25, 0.3) is 0 Å². The Balaban J connectivity index is 2.22. The molecule has 3 heteroatoms. The zero-order valence-electron chi connectivity index (χ0n) is 7.93. The van der Waals surface area contributed by atoms with Crippen molar-refractivity contribution >= 4 is 5.97 Å². The van der Waals surface area contributed by atoms with Crippen LogP contribution in [0.5, 0.6) is 0 Å². The first-order chi connectivity index (χ1) is 6.33. The number of hydrogen-bond acceptors (Lipinski definition) is 3. The molecule has 0 spiro atoms. The van der Waals surface area contributed by atoms with Crippen LogP contribution in [-0.2, 0) is 9.53 Å². The Labute approximate surface area is 78.8 Å². The second-order valence-corrected chi connectivity index (χ2v) is 3.14. The molecule has 72 valence electrons. The smallest absolute Gasteiger partial charge is 0.384 e. The van der Waals surface area contributed by atoms with Gasteiger partial charge in [-0.1, -0.05) is 12.3 Å². The summed E-state index contributed by atoms with van der Waals surface area (Å²) in [5.74, 6) is 4.80. The lowest BCUT2D eigenvalue weighted by Gasteiger charge is -2.20. The summed E-state index contributed by atoms with van der Waals surface area (Å²) in [7, 11) is 1.34. The van der Waals surface area contributed by atoms with Crippen LogP contribution in [0.1, 0.15) is 25.7 Å². The first-order valence-corrected chi connectivity index (χ1v) is 4.63. The summed E-state index contributed by atoms with van der Waals surface area (Å²) in [4.78, 5) is 10.6. The van der Waals surface area contributed by atoms with E-state index in [-0.39, 0.29) is 0 Å². The molecule has 1 aliphatic rings. The molecule has 0 aromatic heterocycles. The molecule has 0 saturated carbocycles. The SMILES string of the molecule is COC(=O)C#CCC1CCCCN1. The molecule has 0 bridgehead atoms. The molecule has 1 rings (SSSR count). The van der Waals surface area contributed by atoms with E-state index in [4.69, 9.17) is 0 Å². The summed E-state index contributed by atoms with van der Waals surface area (Å²) < 4.78 is 4.41. The molecule has 1 heterocycles. The Morgan fingerprint density at radius 3 is 3.08 bits per heavy atom. The van der Waals surface area contributed by atoms with E-state index in [2.05, 4.69) is 21.9 Å². The lowest BCUT2D eigenvalue weighted by molar-refractivity contribution is -0.133. The zero-order chi connectivity index (χ0) is 9.52. The van der Waals surface area contributed by atoms with Crippen molar-refractivity contribution < 1.29 is 9.53 Å². The van der Waals surface area contributed by atoms with Gasteiger partial charge < -0.3 is 10.1 Å². The molecule has 1 aliphatic heterocycles. The van der Waals surface area contributed by atoms with Crippen LogP contribution in [0.3, 0.4) is 0 Å². The lowest BCUT2D eigenvalue weighted by atomic mass is 10.0. The van der Waals surface area contributed by atoms with E-state index in [0.29, 0.717) is 6.04 Å². The number of esters is 1. The average molecular weight is 181 g/mol. The number of carbonyl (C=O) groups excluding carboxylic acids is 1. The van der Waals surface area contributed by atoms with E-state index < -0.39 is 5.97 Å². The Hall–Kier alpha value is -1.01. The van der Waals surface area contributed by atoms with E-state index in [0.717, 1.165) is 19.4 Å². The van der Waals surface area contributed by atoms with Crippen LogP contribution < -0.4 is 5.32 Å². The van der Waals surface area contributed by atoms with Crippen LogP contribution in [0.2, 0.25) is 0 Å². The van der Waals surface area contributed by atoms with Crippen LogP contribution in [-0.4, -0.2) is 25.7 Å². The number of carbonyl (C=O) groups is 1. The number of rotatable bonds is 1. The van der Waals surface area contributed by atoms with Gasteiger partial charge in [-0.05, 0) is 19.4 Å². The molecule has 0 amide bonds. The van der Waals surface area contributed by atoms with Gasteiger partial charge in [-0.25, -0.2) is 4.79 Å². The highest BCUT2D eigenvalue weighted by Gasteiger charge is 2.10. The van der Waals surface area contributed by atoms with Crippen molar-refractivity contribution in [3.63, 3.8) is 0 Å². The minimum absolute atomic E-state index is 0.448. The Kier molecular flexibility index (Phi) is 4.34. The van der Waals surface area contributed by atoms with Crippen LogP contribution >= 0.6 is 0 Å². The zero-order valence-corrected chi connectivity index (χ0v) is 7.93. The van der Waals surface area contributed by atoms with Gasteiger partial charge in [0.25, 0.3) is 0 Å². The van der Waals surface area contributed by atoms with Crippen molar-refractivity contribution in [3.8, 4) is 11.8 Å². The number of methoxy groups -OCH3 is 1. The summed E-state index contributed by atoms with van der Waals surface area (Å²) in [6, 6.07) is 0.464. The Morgan fingerprint density at radius 2 is 2.46 bits per heavy atom. The highest BCUT2D eigenvalue weighted by atomic mass is 16.5. The lowest BCUT2D eigenvalue weighted by Crippen LogP contribution is -2.33. The first kappa shape index (κ1) is 10.1. The van der Waals surface area contributed by atoms with Crippen molar-refractivity contribution in [1.29, 1.82) is 0 Å². The number of piperidine rings is 1. The third-order valence-electron chi connectivity index (χ3n) is 2.14. The van der Waals surface area contributed by atoms with Gasteiger partial charge in [0, 0.05) is 18.4 Å². The second kappa shape index (κ2) is 5.60. The average Bonchev–Trinajstić information content (AvgIpc) is 2.19. The predicted molar refractivity (Wildman–Crippen MR) is 50.1 cm³/mol. The van der Waals surface area contributed by atoms with Gasteiger partial charge >= 0.3 is 5.97 Å². The fraction of sp³-hybridized carbons (Fsp3) is 0.700. The van der Waals surface area contributed by atoms with Crippen molar-refractivity contribution in [2.24, 2.45) is 0 Å². The fourth-order valence-corrected chi connectivity index (χ4v) is 1.40. The Morgan fingerprint density at radius 1 is 1.62 bits per heavy atom. The molecular weight excluding hydrogens is 166 g/mol. The first-order valence-electron chi connectivity index (χ1n) is 4.63. The topological polar surface area (TPSA) is 38.3 Å². The number of ether oxygens (including phenoxy) is 1. The number of nitrogens with one attached hydrogen (secondary N) is 1. The largest absolute Gasteiger partial charge is 0.459 e. The molecule has 1 saturated heterocycles. The molecule has 0 aliphatic carbocycles. The summed E-state index contributed by atoms with van der Waals surface area (Å²) >= 11 is 0. The maximum absolute atomic E-state index is 10.6. The molecule has 0 aromatic rings. The minimum atomic E-state index is -0.448. The highest BCUT2D eigenvalue weighted by molar-refractivity contribution is 5.88. The molecular formula is C10H15NO2. The van der Waals surface area contributed by atoms with Crippen LogP contribution in [0, 0.1) is 11.8 Å². The Bertz CT molecular complexity index is 221. The van der Waals surface area contributed by atoms with E-state index in [9.17, 15) is 4.79 Å². The molecule has 0 aromatic carbocycles. The quantitative estimate of drug-likeness (QED) is 0.367.